The highest BCUT2D eigenvalue weighted by Gasteiger charge is 2.10. The Morgan fingerprint density at radius 3 is 2.52 bits per heavy atom. The van der Waals surface area contributed by atoms with E-state index in [0.29, 0.717) is 16.6 Å². The number of pyridine rings is 1. The first kappa shape index (κ1) is 15.2. The Balaban J connectivity index is 2.17. The second-order valence-electron chi connectivity index (χ2n) is 5.76. The van der Waals surface area contributed by atoms with Crippen molar-refractivity contribution in [2.75, 3.05) is 0 Å². The number of aromatic nitrogens is 1. The molecule has 0 spiro atoms. The summed E-state index contributed by atoms with van der Waals surface area (Å²) in [6, 6.07) is 15.3. The molecule has 23 heavy (non-hydrogen) atoms. The van der Waals surface area contributed by atoms with E-state index in [9.17, 15) is 9.90 Å². The Labute approximate surface area is 135 Å². The fourth-order valence-corrected chi connectivity index (χ4v) is 2.84. The van der Waals surface area contributed by atoms with Gasteiger partial charge in [0.2, 0.25) is 0 Å². The number of rotatable bonds is 4. The van der Waals surface area contributed by atoms with E-state index in [4.69, 9.17) is 0 Å². The molecule has 0 fully saturated rings. The lowest BCUT2D eigenvalue weighted by Gasteiger charge is -2.12. The van der Waals surface area contributed by atoms with E-state index >= 15 is 0 Å². The molecule has 3 heteroatoms. The SMILES string of the molecule is CCCc1ccc(-c2cc(C(=O)[O-])c3cccc(C)c3n2)cc1. The molecule has 2 aromatic carbocycles. The van der Waals surface area contributed by atoms with E-state index < -0.39 is 5.97 Å². The number of aromatic carboxylic acids is 1. The minimum atomic E-state index is -1.17. The molecule has 116 valence electrons. The molecule has 0 saturated carbocycles. The van der Waals surface area contributed by atoms with Gasteiger partial charge < -0.3 is 9.90 Å². The molecule has 0 aliphatic heterocycles. The van der Waals surface area contributed by atoms with Crippen LogP contribution < -0.4 is 5.11 Å². The first-order valence-electron chi connectivity index (χ1n) is 7.81. The Morgan fingerprint density at radius 1 is 1.13 bits per heavy atom. The molecule has 0 N–H and O–H groups in total. The van der Waals surface area contributed by atoms with Crippen LogP contribution in [0.3, 0.4) is 0 Å². The van der Waals surface area contributed by atoms with Crippen LogP contribution in [-0.2, 0) is 6.42 Å². The lowest BCUT2D eigenvalue weighted by molar-refractivity contribution is -0.254. The van der Waals surface area contributed by atoms with Gasteiger partial charge in [-0.05, 0) is 30.5 Å². The van der Waals surface area contributed by atoms with Gasteiger partial charge in [0.25, 0.3) is 0 Å². The van der Waals surface area contributed by atoms with Gasteiger partial charge in [0.05, 0.1) is 17.2 Å². The quantitative estimate of drug-likeness (QED) is 0.741. The number of carboxylic acids is 1. The topological polar surface area (TPSA) is 53.0 Å². The molecule has 1 aromatic heterocycles. The van der Waals surface area contributed by atoms with Crippen LogP contribution in [-0.4, -0.2) is 11.0 Å². The zero-order chi connectivity index (χ0) is 16.4. The third-order valence-electron chi connectivity index (χ3n) is 4.05. The van der Waals surface area contributed by atoms with Crippen LogP contribution in [0.4, 0.5) is 0 Å². The van der Waals surface area contributed by atoms with Crippen LogP contribution in [0.25, 0.3) is 22.2 Å². The van der Waals surface area contributed by atoms with Gasteiger partial charge in [0.1, 0.15) is 0 Å². The maximum absolute atomic E-state index is 11.5. The molecule has 3 nitrogen and oxygen atoms in total. The Morgan fingerprint density at radius 2 is 1.87 bits per heavy atom. The van der Waals surface area contributed by atoms with Crippen molar-refractivity contribution in [1.82, 2.24) is 4.98 Å². The maximum Gasteiger partial charge on any atom is 0.0745 e. The van der Waals surface area contributed by atoms with Crippen molar-refractivity contribution in [2.24, 2.45) is 0 Å². The lowest BCUT2D eigenvalue weighted by Crippen LogP contribution is -2.22. The zero-order valence-electron chi connectivity index (χ0n) is 13.3. The third-order valence-corrected chi connectivity index (χ3v) is 4.05. The molecule has 0 bridgehead atoms. The van der Waals surface area contributed by atoms with E-state index in [1.165, 1.54) is 5.56 Å². The molecule has 0 saturated heterocycles. The number of hydrogen-bond acceptors (Lipinski definition) is 3. The van der Waals surface area contributed by atoms with Crippen molar-refractivity contribution in [3.63, 3.8) is 0 Å². The average Bonchev–Trinajstić information content (AvgIpc) is 2.55. The van der Waals surface area contributed by atoms with E-state index in [1.807, 2.05) is 31.2 Å². The standard InChI is InChI=1S/C20H19NO2/c1-3-5-14-8-10-15(11-9-14)18-12-17(20(22)23)16-7-4-6-13(2)19(16)21-18/h4,6-12H,3,5H2,1-2H3,(H,22,23)/p-1. The Kier molecular flexibility index (Phi) is 4.11. The smallest absolute Gasteiger partial charge is 0.0745 e. The summed E-state index contributed by atoms with van der Waals surface area (Å²) in [5.74, 6) is -1.17. The molecule has 0 amide bonds. The minimum Gasteiger partial charge on any atom is -0.545 e. The average molecular weight is 304 g/mol. The van der Waals surface area contributed by atoms with Crippen molar-refractivity contribution in [1.29, 1.82) is 0 Å². The third kappa shape index (κ3) is 2.95. The second kappa shape index (κ2) is 6.21. The molecule has 0 atom stereocenters. The van der Waals surface area contributed by atoms with Gasteiger partial charge in [-0.25, -0.2) is 4.98 Å². The fourth-order valence-electron chi connectivity index (χ4n) is 2.84. The molecular formula is C20H18NO2-. The van der Waals surface area contributed by atoms with E-state index in [0.717, 1.165) is 24.0 Å². The number of carboxylic acid groups (broad SMARTS) is 1. The van der Waals surface area contributed by atoms with Crippen LogP contribution in [0, 0.1) is 6.92 Å². The summed E-state index contributed by atoms with van der Waals surface area (Å²) in [4.78, 5) is 16.2. The van der Waals surface area contributed by atoms with Crippen molar-refractivity contribution in [3.05, 3.63) is 65.2 Å². The number of benzene rings is 2. The highest BCUT2D eigenvalue weighted by molar-refractivity contribution is 6.03. The number of nitrogens with zero attached hydrogens (tertiary/aromatic N) is 1. The summed E-state index contributed by atoms with van der Waals surface area (Å²) in [6.07, 6.45) is 2.14. The minimum absolute atomic E-state index is 0.186. The number of para-hydroxylation sites is 1. The molecule has 0 unspecified atom stereocenters. The number of aryl methyl sites for hydroxylation is 2. The Bertz CT molecular complexity index is 867. The number of fused-ring (bicyclic) bond motifs is 1. The van der Waals surface area contributed by atoms with Crippen LogP contribution >= 0.6 is 0 Å². The second-order valence-corrected chi connectivity index (χ2v) is 5.76. The molecule has 3 aromatic rings. The van der Waals surface area contributed by atoms with E-state index in [2.05, 4.69) is 24.0 Å². The van der Waals surface area contributed by atoms with Crippen LogP contribution in [0.15, 0.2) is 48.5 Å². The summed E-state index contributed by atoms with van der Waals surface area (Å²) in [5, 5.41) is 12.1. The van der Waals surface area contributed by atoms with Gasteiger partial charge in [-0.15, -0.1) is 0 Å². The number of carbonyl (C=O) groups is 1. The van der Waals surface area contributed by atoms with Gasteiger partial charge in [-0.3, -0.25) is 0 Å². The van der Waals surface area contributed by atoms with Crippen LogP contribution in [0.5, 0.6) is 0 Å². The first-order chi connectivity index (χ1) is 11.1. The van der Waals surface area contributed by atoms with Gasteiger partial charge in [-0.2, -0.15) is 0 Å². The van der Waals surface area contributed by atoms with Gasteiger partial charge in [0, 0.05) is 16.5 Å². The van der Waals surface area contributed by atoms with Crippen molar-refractivity contribution in [3.8, 4) is 11.3 Å². The highest BCUT2D eigenvalue weighted by Crippen LogP contribution is 2.26. The monoisotopic (exact) mass is 304 g/mol. The van der Waals surface area contributed by atoms with Crippen LogP contribution in [0.1, 0.15) is 34.8 Å². The lowest BCUT2D eigenvalue weighted by atomic mass is 10.0. The first-order valence-corrected chi connectivity index (χ1v) is 7.81. The summed E-state index contributed by atoms with van der Waals surface area (Å²) in [6.45, 7) is 4.08. The predicted molar refractivity (Wildman–Crippen MR) is 90.2 cm³/mol. The number of hydrogen-bond donors (Lipinski definition) is 0. The van der Waals surface area contributed by atoms with Gasteiger partial charge in [-0.1, -0.05) is 55.8 Å². The fraction of sp³-hybridized carbons (Fsp3) is 0.200. The summed E-state index contributed by atoms with van der Waals surface area (Å²) in [5.41, 5.74) is 4.70. The predicted octanol–water partition coefficient (Wildman–Crippen LogP) is 3.53. The molecule has 0 aliphatic rings. The molecule has 0 radical (unpaired) electrons. The van der Waals surface area contributed by atoms with Gasteiger partial charge in [0.15, 0.2) is 0 Å². The van der Waals surface area contributed by atoms with Gasteiger partial charge >= 0.3 is 0 Å². The van der Waals surface area contributed by atoms with E-state index in [1.54, 1.807) is 12.1 Å². The number of carbonyl (C=O) groups excluding carboxylic acids is 1. The normalized spacial score (nSPS) is 10.9. The summed E-state index contributed by atoms with van der Waals surface area (Å²) in [7, 11) is 0. The Hall–Kier alpha value is -2.68. The van der Waals surface area contributed by atoms with Crippen molar-refractivity contribution in [2.45, 2.75) is 26.7 Å². The summed E-state index contributed by atoms with van der Waals surface area (Å²) < 4.78 is 0. The highest BCUT2D eigenvalue weighted by atomic mass is 16.4. The van der Waals surface area contributed by atoms with E-state index in [-0.39, 0.29) is 5.56 Å². The largest absolute Gasteiger partial charge is 0.545 e. The molecule has 0 aliphatic carbocycles. The summed E-state index contributed by atoms with van der Waals surface area (Å²) >= 11 is 0. The maximum atomic E-state index is 11.5. The molecule has 3 rings (SSSR count). The zero-order valence-corrected chi connectivity index (χ0v) is 13.3. The van der Waals surface area contributed by atoms with Crippen molar-refractivity contribution < 1.29 is 9.90 Å². The van der Waals surface area contributed by atoms with Crippen LogP contribution in [0.2, 0.25) is 0 Å². The molecular weight excluding hydrogens is 286 g/mol. The van der Waals surface area contributed by atoms with Crippen molar-refractivity contribution >= 4 is 16.9 Å². The molecule has 1 heterocycles.